The van der Waals surface area contributed by atoms with Gasteiger partial charge in [-0.15, -0.1) is 11.3 Å². The molecule has 1 aliphatic rings. The molecule has 0 saturated heterocycles. The Bertz CT molecular complexity index is 434. The molecule has 1 saturated carbocycles. The maximum absolute atomic E-state index is 6.01. The fourth-order valence-corrected chi connectivity index (χ4v) is 4.42. The van der Waals surface area contributed by atoms with Crippen LogP contribution in [0.25, 0.3) is 0 Å². The summed E-state index contributed by atoms with van der Waals surface area (Å²) in [5, 5.41) is 4.74. The van der Waals surface area contributed by atoms with Gasteiger partial charge in [0.1, 0.15) is 10.6 Å². The smallest absolute Gasteiger partial charge is 0.125 e. The fraction of sp³-hybridized carbons (Fsp3) is 0.824. The van der Waals surface area contributed by atoms with E-state index in [9.17, 15) is 0 Å². The largest absolute Gasteiger partial charge is 0.371 e. The van der Waals surface area contributed by atoms with E-state index in [2.05, 4.69) is 26.1 Å². The Morgan fingerprint density at radius 1 is 1.24 bits per heavy atom. The van der Waals surface area contributed by atoms with Crippen LogP contribution in [0.3, 0.4) is 0 Å². The van der Waals surface area contributed by atoms with Crippen molar-refractivity contribution < 1.29 is 4.74 Å². The van der Waals surface area contributed by atoms with E-state index in [0.29, 0.717) is 6.04 Å². The molecule has 0 aliphatic heterocycles. The molecule has 0 atom stereocenters. The van der Waals surface area contributed by atoms with Crippen molar-refractivity contribution in [2.24, 2.45) is 0 Å². The SMILES string of the molecule is CCc1nc(C2(OC)CCCCCC2)sc1CNC(C)C. The molecular weight excluding hydrogens is 280 g/mol. The zero-order valence-corrected chi connectivity index (χ0v) is 14.8. The van der Waals surface area contributed by atoms with Crippen LogP contribution in [-0.4, -0.2) is 18.1 Å². The highest BCUT2D eigenvalue weighted by Crippen LogP contribution is 2.41. The topological polar surface area (TPSA) is 34.1 Å². The number of methoxy groups -OCH3 is 1. The first kappa shape index (κ1) is 16.9. The van der Waals surface area contributed by atoms with E-state index < -0.39 is 0 Å². The van der Waals surface area contributed by atoms with E-state index in [0.717, 1.165) is 25.8 Å². The molecule has 0 unspecified atom stereocenters. The molecule has 21 heavy (non-hydrogen) atoms. The van der Waals surface area contributed by atoms with Crippen molar-refractivity contribution in [1.82, 2.24) is 10.3 Å². The molecule has 0 aromatic carbocycles. The van der Waals surface area contributed by atoms with Crippen molar-refractivity contribution in [3.63, 3.8) is 0 Å². The first-order valence-corrected chi connectivity index (χ1v) is 9.20. The number of thiazole rings is 1. The zero-order valence-electron chi connectivity index (χ0n) is 14.0. The molecule has 1 fully saturated rings. The highest BCUT2D eigenvalue weighted by molar-refractivity contribution is 7.11. The van der Waals surface area contributed by atoms with Crippen LogP contribution in [0.2, 0.25) is 0 Å². The maximum Gasteiger partial charge on any atom is 0.125 e. The van der Waals surface area contributed by atoms with Gasteiger partial charge in [-0.2, -0.15) is 0 Å². The number of aromatic nitrogens is 1. The van der Waals surface area contributed by atoms with Gasteiger partial charge in [0.25, 0.3) is 0 Å². The molecule has 0 amide bonds. The number of ether oxygens (including phenoxy) is 1. The Hall–Kier alpha value is -0.450. The average Bonchev–Trinajstić information content (AvgIpc) is 2.74. The van der Waals surface area contributed by atoms with Gasteiger partial charge in [0.2, 0.25) is 0 Å². The molecule has 1 N–H and O–H groups in total. The summed E-state index contributed by atoms with van der Waals surface area (Å²) in [6, 6.07) is 0.509. The van der Waals surface area contributed by atoms with Crippen LogP contribution >= 0.6 is 11.3 Å². The number of nitrogens with one attached hydrogen (secondary N) is 1. The molecule has 0 bridgehead atoms. The summed E-state index contributed by atoms with van der Waals surface area (Å²) in [7, 11) is 1.87. The van der Waals surface area contributed by atoms with Crippen LogP contribution < -0.4 is 5.32 Å². The fourth-order valence-electron chi connectivity index (χ4n) is 3.09. The summed E-state index contributed by atoms with van der Waals surface area (Å²) < 4.78 is 6.01. The summed E-state index contributed by atoms with van der Waals surface area (Å²) in [6.07, 6.45) is 8.43. The Morgan fingerprint density at radius 3 is 2.43 bits per heavy atom. The van der Waals surface area contributed by atoms with Gasteiger partial charge in [0, 0.05) is 24.6 Å². The van der Waals surface area contributed by atoms with Gasteiger partial charge in [-0.25, -0.2) is 4.98 Å². The molecule has 4 heteroatoms. The second kappa shape index (κ2) is 7.70. The van der Waals surface area contributed by atoms with Crippen molar-refractivity contribution >= 4 is 11.3 Å². The molecule has 0 spiro atoms. The average molecular weight is 311 g/mol. The lowest BCUT2D eigenvalue weighted by Crippen LogP contribution is -2.27. The number of aryl methyl sites for hydroxylation is 1. The Kier molecular flexibility index (Phi) is 6.20. The summed E-state index contributed by atoms with van der Waals surface area (Å²) in [5.74, 6) is 0. The Balaban J connectivity index is 2.24. The van der Waals surface area contributed by atoms with Gasteiger partial charge in [0.05, 0.1) is 5.69 Å². The predicted octanol–water partition coefficient (Wildman–Crippen LogP) is 4.40. The van der Waals surface area contributed by atoms with Crippen LogP contribution in [0.1, 0.15) is 74.9 Å². The third kappa shape index (κ3) is 4.05. The molecule has 1 aliphatic carbocycles. The van der Waals surface area contributed by atoms with Crippen LogP contribution in [-0.2, 0) is 23.3 Å². The highest BCUT2D eigenvalue weighted by Gasteiger charge is 2.36. The molecule has 1 aromatic rings. The van der Waals surface area contributed by atoms with Crippen molar-refractivity contribution in [3.8, 4) is 0 Å². The summed E-state index contributed by atoms with van der Waals surface area (Å²) in [4.78, 5) is 6.36. The second-order valence-corrected chi connectivity index (χ2v) is 7.47. The van der Waals surface area contributed by atoms with E-state index in [1.165, 1.54) is 41.3 Å². The predicted molar refractivity (Wildman–Crippen MR) is 89.9 cm³/mol. The normalized spacial score (nSPS) is 18.9. The Labute approximate surface area is 133 Å². The lowest BCUT2D eigenvalue weighted by molar-refractivity contribution is -0.0280. The summed E-state index contributed by atoms with van der Waals surface area (Å²) >= 11 is 1.87. The number of nitrogens with zero attached hydrogens (tertiary/aromatic N) is 1. The van der Waals surface area contributed by atoms with E-state index in [1.54, 1.807) is 0 Å². The molecule has 0 radical (unpaired) electrons. The van der Waals surface area contributed by atoms with E-state index >= 15 is 0 Å². The van der Waals surface area contributed by atoms with Gasteiger partial charge in [-0.3, -0.25) is 0 Å². The Morgan fingerprint density at radius 2 is 1.90 bits per heavy atom. The lowest BCUT2D eigenvalue weighted by Gasteiger charge is -2.29. The molecular formula is C17H30N2OS. The minimum Gasteiger partial charge on any atom is -0.371 e. The minimum atomic E-state index is -0.124. The van der Waals surface area contributed by atoms with Crippen LogP contribution in [0.4, 0.5) is 0 Å². The van der Waals surface area contributed by atoms with E-state index in [1.807, 2.05) is 18.4 Å². The first-order chi connectivity index (χ1) is 10.1. The monoisotopic (exact) mass is 310 g/mol. The van der Waals surface area contributed by atoms with Crippen molar-refractivity contribution in [3.05, 3.63) is 15.6 Å². The quantitative estimate of drug-likeness (QED) is 0.791. The van der Waals surface area contributed by atoms with Gasteiger partial charge in [0.15, 0.2) is 0 Å². The van der Waals surface area contributed by atoms with Crippen molar-refractivity contribution in [2.75, 3.05) is 7.11 Å². The maximum atomic E-state index is 6.01. The number of rotatable bonds is 6. The minimum absolute atomic E-state index is 0.124. The highest BCUT2D eigenvalue weighted by atomic mass is 32.1. The zero-order chi connectivity index (χ0) is 15.3. The number of hydrogen-bond acceptors (Lipinski definition) is 4. The molecule has 1 aromatic heterocycles. The van der Waals surface area contributed by atoms with Crippen LogP contribution in [0.15, 0.2) is 0 Å². The standard InChI is InChI=1S/C17H30N2OS/c1-5-14-15(12-18-13(2)3)21-16(19-14)17(20-4)10-8-6-7-9-11-17/h13,18H,5-12H2,1-4H3. The molecule has 3 nitrogen and oxygen atoms in total. The first-order valence-electron chi connectivity index (χ1n) is 8.39. The van der Waals surface area contributed by atoms with E-state index in [-0.39, 0.29) is 5.60 Å². The van der Waals surface area contributed by atoms with Crippen molar-refractivity contribution in [2.45, 2.75) is 83.9 Å². The van der Waals surface area contributed by atoms with E-state index in [4.69, 9.17) is 9.72 Å². The third-order valence-corrected chi connectivity index (χ3v) is 5.76. The summed E-state index contributed by atoms with van der Waals surface area (Å²) in [6.45, 7) is 7.51. The van der Waals surface area contributed by atoms with Crippen LogP contribution in [0.5, 0.6) is 0 Å². The molecule has 2 rings (SSSR count). The van der Waals surface area contributed by atoms with Gasteiger partial charge in [-0.1, -0.05) is 46.5 Å². The third-order valence-electron chi connectivity index (χ3n) is 4.48. The number of hydrogen-bond donors (Lipinski definition) is 1. The van der Waals surface area contributed by atoms with Crippen LogP contribution in [0, 0.1) is 0 Å². The van der Waals surface area contributed by atoms with Gasteiger partial charge >= 0.3 is 0 Å². The van der Waals surface area contributed by atoms with Gasteiger partial charge in [-0.05, 0) is 19.3 Å². The van der Waals surface area contributed by atoms with Gasteiger partial charge < -0.3 is 10.1 Å². The molecule has 1 heterocycles. The molecule has 120 valence electrons. The summed E-state index contributed by atoms with van der Waals surface area (Å²) in [5.41, 5.74) is 1.13. The lowest BCUT2D eigenvalue weighted by atomic mass is 9.95. The van der Waals surface area contributed by atoms with Crippen molar-refractivity contribution in [1.29, 1.82) is 0 Å². The second-order valence-electron chi connectivity index (χ2n) is 6.39.